The Kier molecular flexibility index (Phi) is 7.11. The number of nitrogens with one attached hydrogen (secondary N) is 2. The van der Waals surface area contributed by atoms with Gasteiger partial charge in [0.15, 0.2) is 11.7 Å². The first-order chi connectivity index (χ1) is 15.2. The van der Waals surface area contributed by atoms with Gasteiger partial charge in [-0.3, -0.25) is 25.0 Å². The molecular formula is C21H20N4O6S. The highest BCUT2D eigenvalue weighted by atomic mass is 32.1. The van der Waals surface area contributed by atoms with Gasteiger partial charge in [-0.2, -0.15) is 0 Å². The number of thiazole rings is 1. The van der Waals surface area contributed by atoms with E-state index in [-0.39, 0.29) is 16.7 Å². The van der Waals surface area contributed by atoms with Crippen molar-refractivity contribution in [1.82, 2.24) is 10.3 Å². The minimum Gasteiger partial charge on any atom is -0.454 e. The summed E-state index contributed by atoms with van der Waals surface area (Å²) in [6.45, 7) is 2.93. The number of non-ortho nitro benzene ring substituents is 1. The largest absolute Gasteiger partial charge is 0.454 e. The number of nitrogens with zero attached hydrogens (tertiary/aromatic N) is 2. The Morgan fingerprint density at radius 3 is 2.53 bits per heavy atom. The lowest BCUT2D eigenvalue weighted by atomic mass is 10.0. The van der Waals surface area contributed by atoms with Gasteiger partial charge < -0.3 is 10.1 Å². The first kappa shape index (κ1) is 22.8. The van der Waals surface area contributed by atoms with Crippen molar-refractivity contribution in [3.05, 3.63) is 64.2 Å². The molecule has 2 N–H and O–H groups in total. The van der Waals surface area contributed by atoms with E-state index in [2.05, 4.69) is 15.6 Å². The Morgan fingerprint density at radius 1 is 1.16 bits per heavy atom. The number of rotatable bonds is 8. The molecule has 1 heterocycles. The van der Waals surface area contributed by atoms with Gasteiger partial charge in [-0.25, -0.2) is 9.78 Å². The third-order valence-corrected chi connectivity index (χ3v) is 5.35. The highest BCUT2D eigenvalue weighted by Gasteiger charge is 2.27. The first-order valence-electron chi connectivity index (χ1n) is 9.62. The predicted octanol–water partition coefficient (Wildman–Crippen LogP) is 3.14. The summed E-state index contributed by atoms with van der Waals surface area (Å²) >= 11 is 1.06. The Bertz CT molecular complexity index is 1160. The van der Waals surface area contributed by atoms with Gasteiger partial charge in [-0.05, 0) is 24.1 Å². The summed E-state index contributed by atoms with van der Waals surface area (Å²) in [4.78, 5) is 51.5. The number of nitro benzene ring substituents is 1. The standard InChI is InChI=1S/C21H20N4O6S/c1-12(2)18(24-19(27)13-6-4-3-5-7-13)20(28)31-11-17(26)23-21-22-15-9-8-14(25(29)30)10-16(15)32-21/h3-10,12,18H,11H2,1-2H3,(H,24,27)(H,22,23,26)/t18-/m0/s1. The Labute approximate surface area is 186 Å². The van der Waals surface area contributed by atoms with Crippen molar-refractivity contribution in [2.75, 3.05) is 11.9 Å². The van der Waals surface area contributed by atoms with E-state index in [0.29, 0.717) is 15.8 Å². The highest BCUT2D eigenvalue weighted by Crippen LogP contribution is 2.29. The number of esters is 1. The number of aromatic nitrogens is 1. The van der Waals surface area contributed by atoms with Gasteiger partial charge in [0.1, 0.15) is 6.04 Å². The zero-order valence-corrected chi connectivity index (χ0v) is 18.0. The van der Waals surface area contributed by atoms with E-state index in [1.807, 2.05) is 0 Å². The molecule has 0 saturated heterocycles. The van der Waals surface area contributed by atoms with Crippen LogP contribution in [0.5, 0.6) is 0 Å². The molecule has 32 heavy (non-hydrogen) atoms. The number of amides is 2. The highest BCUT2D eigenvalue weighted by molar-refractivity contribution is 7.22. The molecule has 0 aliphatic rings. The lowest BCUT2D eigenvalue weighted by Crippen LogP contribution is -2.45. The van der Waals surface area contributed by atoms with Crippen molar-refractivity contribution in [2.24, 2.45) is 5.92 Å². The van der Waals surface area contributed by atoms with E-state index in [1.165, 1.54) is 18.2 Å². The van der Waals surface area contributed by atoms with E-state index >= 15 is 0 Å². The molecule has 0 aliphatic heterocycles. The maximum atomic E-state index is 12.5. The molecule has 2 aromatic carbocycles. The van der Waals surface area contributed by atoms with Crippen molar-refractivity contribution in [3.63, 3.8) is 0 Å². The van der Waals surface area contributed by atoms with Crippen molar-refractivity contribution in [3.8, 4) is 0 Å². The number of ether oxygens (including phenoxy) is 1. The molecule has 0 spiro atoms. The summed E-state index contributed by atoms with van der Waals surface area (Å²) in [6, 6.07) is 11.7. The smallest absolute Gasteiger partial charge is 0.329 e. The van der Waals surface area contributed by atoms with Crippen molar-refractivity contribution < 1.29 is 24.0 Å². The van der Waals surface area contributed by atoms with Crippen LogP contribution >= 0.6 is 11.3 Å². The number of hydrogen-bond acceptors (Lipinski definition) is 8. The Morgan fingerprint density at radius 2 is 1.88 bits per heavy atom. The molecule has 166 valence electrons. The normalized spacial score (nSPS) is 11.7. The molecule has 0 saturated carbocycles. The summed E-state index contributed by atoms with van der Waals surface area (Å²) in [6.07, 6.45) is 0. The van der Waals surface area contributed by atoms with Crippen LogP contribution in [0, 0.1) is 16.0 Å². The summed E-state index contributed by atoms with van der Waals surface area (Å²) in [5.41, 5.74) is 0.821. The van der Waals surface area contributed by atoms with E-state index in [4.69, 9.17) is 4.74 Å². The van der Waals surface area contributed by atoms with Crippen molar-refractivity contribution in [1.29, 1.82) is 0 Å². The molecule has 11 heteroatoms. The van der Waals surface area contributed by atoms with Crippen LogP contribution in [0.25, 0.3) is 10.2 Å². The quantitative estimate of drug-likeness (QED) is 0.301. The van der Waals surface area contributed by atoms with Crippen LogP contribution in [0.2, 0.25) is 0 Å². The third-order valence-electron chi connectivity index (χ3n) is 4.42. The molecule has 2 amide bonds. The number of anilines is 1. The van der Waals surface area contributed by atoms with E-state index in [0.717, 1.165) is 11.3 Å². The summed E-state index contributed by atoms with van der Waals surface area (Å²) in [5.74, 6) is -2.05. The number of carbonyl (C=O) groups excluding carboxylic acids is 3. The molecule has 0 aliphatic carbocycles. The fraction of sp³-hybridized carbons (Fsp3) is 0.238. The molecular weight excluding hydrogens is 436 g/mol. The second-order valence-corrected chi connectivity index (χ2v) is 8.18. The van der Waals surface area contributed by atoms with Crippen LogP contribution in [0.15, 0.2) is 48.5 Å². The molecule has 3 aromatic rings. The maximum absolute atomic E-state index is 12.5. The van der Waals surface area contributed by atoms with Gasteiger partial charge in [0.05, 0.1) is 15.1 Å². The number of benzene rings is 2. The van der Waals surface area contributed by atoms with E-state index in [1.54, 1.807) is 44.2 Å². The lowest BCUT2D eigenvalue weighted by Gasteiger charge is -2.20. The van der Waals surface area contributed by atoms with E-state index in [9.17, 15) is 24.5 Å². The monoisotopic (exact) mass is 456 g/mol. The molecule has 0 fully saturated rings. The lowest BCUT2D eigenvalue weighted by molar-refractivity contribution is -0.384. The molecule has 1 atom stereocenters. The van der Waals surface area contributed by atoms with Crippen molar-refractivity contribution in [2.45, 2.75) is 19.9 Å². The Hall–Kier alpha value is -3.86. The number of nitro groups is 1. The van der Waals surface area contributed by atoms with Crippen LogP contribution in [-0.4, -0.2) is 40.3 Å². The van der Waals surface area contributed by atoms with Gasteiger partial charge in [0, 0.05) is 17.7 Å². The molecule has 0 bridgehead atoms. The van der Waals surface area contributed by atoms with Gasteiger partial charge in [-0.1, -0.05) is 43.4 Å². The summed E-state index contributed by atoms with van der Waals surface area (Å²) in [5, 5.41) is 16.2. The van der Waals surface area contributed by atoms with Crippen LogP contribution in [0.3, 0.4) is 0 Å². The number of carbonyl (C=O) groups is 3. The van der Waals surface area contributed by atoms with Gasteiger partial charge >= 0.3 is 5.97 Å². The number of fused-ring (bicyclic) bond motifs is 1. The minimum absolute atomic E-state index is 0.0785. The second-order valence-electron chi connectivity index (χ2n) is 7.15. The Balaban J connectivity index is 1.57. The van der Waals surface area contributed by atoms with Crippen LogP contribution in [-0.2, 0) is 14.3 Å². The average molecular weight is 456 g/mol. The van der Waals surface area contributed by atoms with Crippen LogP contribution in [0.1, 0.15) is 24.2 Å². The SMILES string of the molecule is CC(C)[C@H](NC(=O)c1ccccc1)C(=O)OCC(=O)Nc1nc2ccc([N+](=O)[O-])cc2s1. The van der Waals surface area contributed by atoms with Gasteiger partial charge in [0.2, 0.25) is 0 Å². The summed E-state index contributed by atoms with van der Waals surface area (Å²) in [7, 11) is 0. The van der Waals surface area contributed by atoms with Crippen LogP contribution < -0.4 is 10.6 Å². The molecule has 0 unspecified atom stereocenters. The third kappa shape index (κ3) is 5.64. The fourth-order valence-electron chi connectivity index (χ4n) is 2.77. The average Bonchev–Trinajstić information content (AvgIpc) is 3.17. The fourth-order valence-corrected chi connectivity index (χ4v) is 3.69. The molecule has 3 rings (SSSR count). The predicted molar refractivity (Wildman–Crippen MR) is 118 cm³/mol. The van der Waals surface area contributed by atoms with E-state index < -0.39 is 35.4 Å². The summed E-state index contributed by atoms with van der Waals surface area (Å²) < 4.78 is 5.62. The van der Waals surface area contributed by atoms with Crippen molar-refractivity contribution >= 4 is 50.2 Å². The minimum atomic E-state index is -0.932. The second kappa shape index (κ2) is 9.96. The zero-order valence-electron chi connectivity index (χ0n) is 17.2. The maximum Gasteiger partial charge on any atom is 0.329 e. The van der Waals surface area contributed by atoms with Gasteiger partial charge in [-0.15, -0.1) is 0 Å². The first-order valence-corrected chi connectivity index (χ1v) is 10.4. The molecule has 0 radical (unpaired) electrons. The zero-order chi connectivity index (χ0) is 23.3. The molecule has 10 nitrogen and oxygen atoms in total. The number of hydrogen-bond donors (Lipinski definition) is 2. The van der Waals surface area contributed by atoms with Gasteiger partial charge in [0.25, 0.3) is 17.5 Å². The molecule has 1 aromatic heterocycles. The van der Waals surface area contributed by atoms with Crippen LogP contribution in [0.4, 0.5) is 10.8 Å². The topological polar surface area (TPSA) is 141 Å².